The molecule has 0 amide bonds. The van der Waals surface area contributed by atoms with Gasteiger partial charge in [-0.05, 0) is 21.6 Å². The number of hydrogen-bond acceptors (Lipinski definition) is 1. The van der Waals surface area contributed by atoms with Crippen molar-refractivity contribution in [2.45, 2.75) is 13.8 Å². The molecule has 1 atom stereocenters. The first-order valence-electron chi connectivity index (χ1n) is 4.09. The Morgan fingerprint density at radius 2 is 1.62 bits per heavy atom. The van der Waals surface area contributed by atoms with E-state index in [-0.39, 0.29) is 0 Å². The highest BCUT2D eigenvalue weighted by Crippen LogP contribution is 1.92. The molecule has 0 spiro atoms. The third-order valence-electron chi connectivity index (χ3n) is 0.940. The maximum absolute atomic E-state index is 5.10. The minimum Gasteiger partial charge on any atom is -0.369 e. The molecule has 72 valence electrons. The van der Waals surface area contributed by atoms with Gasteiger partial charge in [0.1, 0.15) is 0 Å². The van der Waals surface area contributed by atoms with Crippen LogP contribution in [0.1, 0.15) is 19.4 Å². The molecule has 0 bridgehead atoms. The Kier molecular flexibility index (Phi) is 15.5. The molecule has 13 heavy (non-hydrogen) atoms. The molecule has 0 N–H and O–H groups in total. The molecule has 1 aromatic carbocycles. The van der Waals surface area contributed by atoms with Gasteiger partial charge < -0.3 is 4.52 Å². The van der Waals surface area contributed by atoms with Crippen LogP contribution in [0.25, 0.3) is 0 Å². The highest BCUT2D eigenvalue weighted by Gasteiger charge is 1.76. The van der Waals surface area contributed by atoms with Crippen molar-refractivity contribution >= 4 is 9.47 Å². The van der Waals surface area contributed by atoms with Gasteiger partial charge in [-0.25, -0.2) is 0 Å². The van der Waals surface area contributed by atoms with Crippen molar-refractivity contribution in [1.82, 2.24) is 0 Å². The average Bonchev–Trinajstić information content (AvgIpc) is 2.23. The molecular weight excluding hydrogens is 179 g/mol. The molecule has 2 heteroatoms. The van der Waals surface area contributed by atoms with Gasteiger partial charge in [0.25, 0.3) is 0 Å². The van der Waals surface area contributed by atoms with Gasteiger partial charge in [-0.2, -0.15) is 0 Å². The summed E-state index contributed by atoms with van der Waals surface area (Å²) >= 11 is 0. The van der Waals surface area contributed by atoms with Crippen molar-refractivity contribution in [3.63, 3.8) is 0 Å². The molecule has 0 fully saturated rings. The number of terminal acetylenes is 1. The van der Waals surface area contributed by atoms with Gasteiger partial charge in [0.2, 0.25) is 0 Å². The van der Waals surface area contributed by atoms with E-state index in [0.29, 0.717) is 0 Å². The number of benzene rings is 1. The zero-order valence-electron chi connectivity index (χ0n) is 8.45. The van der Waals surface area contributed by atoms with E-state index in [1.54, 1.807) is 7.11 Å². The Morgan fingerprint density at radius 1 is 1.23 bits per heavy atom. The van der Waals surface area contributed by atoms with Gasteiger partial charge in [0.15, 0.2) is 0 Å². The summed E-state index contributed by atoms with van der Waals surface area (Å²) < 4.78 is 4.17. The summed E-state index contributed by atoms with van der Waals surface area (Å²) in [5.74, 6) is 2.53. The van der Waals surface area contributed by atoms with E-state index in [4.69, 9.17) is 6.42 Å². The Hall–Kier alpha value is -0.830. The van der Waals surface area contributed by atoms with E-state index in [2.05, 4.69) is 19.9 Å². The van der Waals surface area contributed by atoms with Gasteiger partial charge in [-0.3, -0.25) is 0 Å². The summed E-state index contributed by atoms with van der Waals surface area (Å²) in [5.41, 5.74) is 0.938. The van der Waals surface area contributed by atoms with Crippen LogP contribution in [0, 0.1) is 12.3 Å². The highest BCUT2D eigenvalue weighted by atomic mass is 31.0. The van der Waals surface area contributed by atoms with E-state index < -0.39 is 0 Å². The van der Waals surface area contributed by atoms with Gasteiger partial charge >= 0.3 is 0 Å². The quantitative estimate of drug-likeness (QED) is 0.457. The van der Waals surface area contributed by atoms with E-state index in [0.717, 1.165) is 5.56 Å². The fraction of sp³-hybridized carbons (Fsp3) is 0.273. The second-order valence-electron chi connectivity index (χ2n) is 1.75. The first-order chi connectivity index (χ1) is 6.35. The summed E-state index contributed by atoms with van der Waals surface area (Å²) in [4.78, 5) is 0. The molecule has 1 rings (SSSR count). The lowest BCUT2D eigenvalue weighted by Gasteiger charge is -1.82. The van der Waals surface area contributed by atoms with Crippen LogP contribution in [0.4, 0.5) is 0 Å². The third-order valence-corrected chi connectivity index (χ3v) is 0.940. The van der Waals surface area contributed by atoms with Gasteiger partial charge in [-0.15, -0.1) is 6.42 Å². The summed E-state index contributed by atoms with van der Waals surface area (Å²) in [6, 6.07) is 9.60. The van der Waals surface area contributed by atoms with E-state index >= 15 is 0 Å². The van der Waals surface area contributed by atoms with Crippen molar-refractivity contribution in [3.05, 3.63) is 35.9 Å². The smallest absolute Gasteiger partial charge is 0.0391 e. The molecule has 0 saturated heterocycles. The molecule has 0 radical (unpaired) electrons. The number of rotatable bonds is 0. The second kappa shape index (κ2) is 13.7. The molecule has 0 saturated carbocycles. The van der Waals surface area contributed by atoms with Crippen molar-refractivity contribution in [2.24, 2.45) is 0 Å². The lowest BCUT2D eigenvalue weighted by molar-refractivity contribution is 0.488. The Morgan fingerprint density at radius 3 is 1.85 bits per heavy atom. The maximum Gasteiger partial charge on any atom is 0.0391 e. The number of hydrogen-bond donors (Lipinski definition) is 0. The summed E-state index contributed by atoms with van der Waals surface area (Å²) in [6.45, 7) is 4.00. The molecule has 0 aliphatic carbocycles. The molecule has 1 aromatic rings. The van der Waals surface area contributed by atoms with Gasteiger partial charge in [0.05, 0.1) is 0 Å². The Bertz CT molecular complexity index is 213. The first kappa shape index (κ1) is 14.7. The summed E-state index contributed by atoms with van der Waals surface area (Å²) in [7, 11) is 3.67. The standard InChI is InChI=1S/C8H6.C2H6.CH5OP/c1-2-8-6-4-3-5-7-8;1-2;1-2-3/h1,3-7H;1-2H3;3H2,1H3. The Labute approximate surface area is 83.8 Å². The van der Waals surface area contributed by atoms with Crippen molar-refractivity contribution in [3.8, 4) is 12.3 Å². The normalized spacial score (nSPS) is 6.69. The second-order valence-corrected chi connectivity index (χ2v) is 2.22. The Balaban J connectivity index is 0. The molecule has 0 aliphatic heterocycles. The van der Waals surface area contributed by atoms with Crippen LogP contribution in [0.2, 0.25) is 0 Å². The van der Waals surface area contributed by atoms with Crippen molar-refractivity contribution < 1.29 is 4.52 Å². The van der Waals surface area contributed by atoms with Crippen LogP contribution < -0.4 is 0 Å². The predicted octanol–water partition coefficient (Wildman–Crippen LogP) is 3.12. The maximum atomic E-state index is 5.10. The zero-order chi connectivity index (χ0) is 10.5. The lowest BCUT2D eigenvalue weighted by Crippen LogP contribution is -1.66. The SMILES string of the molecule is C#Cc1ccccc1.CC.COP. The molecular formula is C11H17OP. The van der Waals surface area contributed by atoms with Crippen LogP contribution in [-0.2, 0) is 4.52 Å². The average molecular weight is 196 g/mol. The lowest BCUT2D eigenvalue weighted by atomic mass is 10.2. The van der Waals surface area contributed by atoms with Crippen LogP contribution in [-0.4, -0.2) is 7.11 Å². The van der Waals surface area contributed by atoms with E-state index in [1.165, 1.54) is 0 Å². The van der Waals surface area contributed by atoms with Crippen LogP contribution in [0.5, 0.6) is 0 Å². The van der Waals surface area contributed by atoms with Crippen LogP contribution >= 0.6 is 9.47 Å². The topological polar surface area (TPSA) is 9.23 Å². The third kappa shape index (κ3) is 11.2. The highest BCUT2D eigenvalue weighted by molar-refractivity contribution is 7.09. The van der Waals surface area contributed by atoms with E-state index in [1.807, 2.05) is 44.2 Å². The molecule has 0 aromatic heterocycles. The zero-order valence-corrected chi connectivity index (χ0v) is 9.60. The molecule has 0 aliphatic rings. The monoisotopic (exact) mass is 196 g/mol. The van der Waals surface area contributed by atoms with Crippen LogP contribution in [0.3, 0.4) is 0 Å². The summed E-state index contributed by atoms with van der Waals surface area (Å²) in [6.07, 6.45) is 5.10. The van der Waals surface area contributed by atoms with Gasteiger partial charge in [-0.1, -0.05) is 38.0 Å². The summed E-state index contributed by atoms with van der Waals surface area (Å²) in [5, 5.41) is 0. The fourth-order valence-corrected chi connectivity index (χ4v) is 0.534. The van der Waals surface area contributed by atoms with Crippen molar-refractivity contribution in [2.75, 3.05) is 7.11 Å². The van der Waals surface area contributed by atoms with Crippen molar-refractivity contribution in [1.29, 1.82) is 0 Å². The van der Waals surface area contributed by atoms with Crippen LogP contribution in [0.15, 0.2) is 30.3 Å². The fourth-order valence-electron chi connectivity index (χ4n) is 0.534. The van der Waals surface area contributed by atoms with E-state index in [9.17, 15) is 0 Å². The minimum atomic E-state index is 0.938. The molecule has 1 nitrogen and oxygen atoms in total. The van der Waals surface area contributed by atoms with Gasteiger partial charge in [0, 0.05) is 12.7 Å². The first-order valence-corrected chi connectivity index (χ1v) is 4.56. The molecule has 1 unspecified atom stereocenters. The predicted molar refractivity (Wildman–Crippen MR) is 62.4 cm³/mol. The largest absolute Gasteiger partial charge is 0.369 e. The molecule has 0 heterocycles. The minimum absolute atomic E-state index is 0.938.